The van der Waals surface area contributed by atoms with Crippen LogP contribution in [0.2, 0.25) is 0 Å². The maximum atomic E-state index is 10.6. The van der Waals surface area contributed by atoms with Gasteiger partial charge in [-0.2, -0.15) is 0 Å². The summed E-state index contributed by atoms with van der Waals surface area (Å²) in [7, 11) is 1.38. The Kier molecular flexibility index (Phi) is 3.76. The molecule has 0 fully saturated rings. The van der Waals surface area contributed by atoms with E-state index in [1.54, 1.807) is 6.92 Å². The van der Waals surface area contributed by atoms with Crippen LogP contribution in [0, 0.1) is 0 Å². The van der Waals surface area contributed by atoms with Gasteiger partial charge in [0.1, 0.15) is 0 Å². The molecule has 0 spiro atoms. The van der Waals surface area contributed by atoms with Crippen LogP contribution in [0.1, 0.15) is 20.3 Å². The number of rotatable bonds is 2. The van der Waals surface area contributed by atoms with Gasteiger partial charge in [0.2, 0.25) is 0 Å². The Hall–Kier alpha value is -0.790. The number of esters is 1. The average Bonchev–Trinajstić information content (AvgIpc) is 1.87. The highest BCUT2D eigenvalue weighted by Gasteiger charge is 1.99. The Morgan fingerprint density at radius 3 is 2.56 bits per heavy atom. The van der Waals surface area contributed by atoms with Crippen LogP contribution >= 0.6 is 0 Å². The average molecular weight is 128 g/mol. The minimum Gasteiger partial charge on any atom is -0.466 e. The minimum atomic E-state index is -0.239. The molecule has 0 atom stereocenters. The van der Waals surface area contributed by atoms with E-state index in [0.29, 0.717) is 5.57 Å². The van der Waals surface area contributed by atoms with E-state index in [0.717, 1.165) is 6.42 Å². The van der Waals surface area contributed by atoms with Gasteiger partial charge in [-0.1, -0.05) is 13.0 Å². The van der Waals surface area contributed by atoms with Crippen molar-refractivity contribution >= 4 is 5.97 Å². The molecule has 0 aliphatic heterocycles. The van der Waals surface area contributed by atoms with E-state index in [-0.39, 0.29) is 5.97 Å². The molecule has 52 valence electrons. The first-order valence-electron chi connectivity index (χ1n) is 2.97. The molecule has 0 aromatic carbocycles. The quantitative estimate of drug-likeness (QED) is 0.416. The molecule has 0 saturated heterocycles. The molecule has 0 aromatic rings. The van der Waals surface area contributed by atoms with Gasteiger partial charge in [-0.25, -0.2) is 4.79 Å². The predicted octanol–water partition coefficient (Wildman–Crippen LogP) is 1.52. The Labute approximate surface area is 55.5 Å². The van der Waals surface area contributed by atoms with Gasteiger partial charge >= 0.3 is 5.97 Å². The third-order valence-electron chi connectivity index (χ3n) is 1.02. The summed E-state index contributed by atoms with van der Waals surface area (Å²) in [5.74, 6) is -0.239. The van der Waals surface area contributed by atoms with Gasteiger partial charge in [0.05, 0.1) is 7.11 Å². The minimum absolute atomic E-state index is 0.239. The van der Waals surface area contributed by atoms with Gasteiger partial charge in [0.25, 0.3) is 0 Å². The van der Waals surface area contributed by atoms with E-state index in [1.807, 2.05) is 13.0 Å². The second-order valence-corrected chi connectivity index (χ2v) is 1.79. The number of hydrogen-bond donors (Lipinski definition) is 0. The Morgan fingerprint density at radius 2 is 2.22 bits per heavy atom. The van der Waals surface area contributed by atoms with E-state index < -0.39 is 0 Å². The van der Waals surface area contributed by atoms with Crippen LogP contribution < -0.4 is 0 Å². The highest BCUT2D eigenvalue weighted by atomic mass is 16.5. The summed E-state index contributed by atoms with van der Waals surface area (Å²) in [6, 6.07) is 0. The van der Waals surface area contributed by atoms with Crippen molar-refractivity contribution in [2.45, 2.75) is 20.3 Å². The van der Waals surface area contributed by atoms with E-state index in [1.165, 1.54) is 7.11 Å². The Balaban J connectivity index is 3.86. The number of allylic oxidation sites excluding steroid dienone is 1. The zero-order valence-electron chi connectivity index (χ0n) is 6.10. The fraction of sp³-hybridized carbons (Fsp3) is 0.571. The molecule has 0 aliphatic rings. The lowest BCUT2D eigenvalue weighted by molar-refractivity contribution is -0.136. The maximum absolute atomic E-state index is 10.6. The fourth-order valence-electron chi connectivity index (χ4n) is 0.551. The van der Waals surface area contributed by atoms with Crippen LogP contribution in [0.3, 0.4) is 0 Å². The molecule has 0 heterocycles. The second-order valence-electron chi connectivity index (χ2n) is 1.79. The molecule has 0 aliphatic carbocycles. The van der Waals surface area contributed by atoms with Crippen molar-refractivity contribution in [2.75, 3.05) is 7.11 Å². The summed E-state index contributed by atoms with van der Waals surface area (Å²) in [6.07, 6.45) is 2.72. The monoisotopic (exact) mass is 128 g/mol. The van der Waals surface area contributed by atoms with Crippen molar-refractivity contribution in [2.24, 2.45) is 0 Å². The first-order chi connectivity index (χ1) is 4.22. The van der Waals surface area contributed by atoms with E-state index >= 15 is 0 Å². The number of hydrogen-bond acceptors (Lipinski definition) is 2. The smallest absolute Gasteiger partial charge is 0.333 e. The summed E-state index contributed by atoms with van der Waals surface area (Å²) in [5, 5.41) is 0. The first-order valence-corrected chi connectivity index (χ1v) is 2.97. The van der Waals surface area contributed by atoms with Crippen LogP contribution in [-0.4, -0.2) is 13.1 Å². The van der Waals surface area contributed by atoms with Crippen molar-refractivity contribution in [3.63, 3.8) is 0 Å². The first kappa shape index (κ1) is 8.21. The molecule has 0 radical (unpaired) electrons. The zero-order chi connectivity index (χ0) is 7.28. The fourth-order valence-corrected chi connectivity index (χ4v) is 0.551. The Bertz CT molecular complexity index is 125. The highest BCUT2D eigenvalue weighted by molar-refractivity contribution is 5.87. The standard InChI is InChI=1S/C7H12O2/c1-4-5-6(2)7(8)9-3/h5H,4H2,1-3H3/b6-5+. The molecule has 0 N–H and O–H groups in total. The zero-order valence-corrected chi connectivity index (χ0v) is 6.10. The van der Waals surface area contributed by atoms with Crippen molar-refractivity contribution < 1.29 is 9.53 Å². The molecule has 0 bridgehead atoms. The van der Waals surface area contributed by atoms with E-state index in [4.69, 9.17) is 0 Å². The van der Waals surface area contributed by atoms with Gasteiger partial charge < -0.3 is 4.74 Å². The van der Waals surface area contributed by atoms with Gasteiger partial charge in [-0.05, 0) is 13.3 Å². The maximum Gasteiger partial charge on any atom is 0.333 e. The van der Waals surface area contributed by atoms with Crippen LogP contribution in [0.5, 0.6) is 0 Å². The summed E-state index contributed by atoms with van der Waals surface area (Å²) in [5.41, 5.74) is 0.681. The van der Waals surface area contributed by atoms with Gasteiger partial charge in [-0.3, -0.25) is 0 Å². The van der Waals surface area contributed by atoms with Crippen LogP contribution in [0.25, 0.3) is 0 Å². The van der Waals surface area contributed by atoms with E-state index in [9.17, 15) is 4.79 Å². The second kappa shape index (κ2) is 4.13. The summed E-state index contributed by atoms with van der Waals surface area (Å²) in [6.45, 7) is 3.72. The topological polar surface area (TPSA) is 26.3 Å². The molecule has 0 unspecified atom stereocenters. The molecular weight excluding hydrogens is 116 g/mol. The lowest BCUT2D eigenvalue weighted by Crippen LogP contribution is -2.00. The van der Waals surface area contributed by atoms with Crippen molar-refractivity contribution in [1.29, 1.82) is 0 Å². The summed E-state index contributed by atoms with van der Waals surface area (Å²) >= 11 is 0. The lowest BCUT2D eigenvalue weighted by atomic mass is 10.2. The Morgan fingerprint density at radius 1 is 1.67 bits per heavy atom. The van der Waals surface area contributed by atoms with Crippen molar-refractivity contribution in [3.05, 3.63) is 11.6 Å². The largest absolute Gasteiger partial charge is 0.466 e. The predicted molar refractivity (Wildman–Crippen MR) is 36.1 cm³/mol. The SMILES string of the molecule is CC/C=C(\C)C(=O)OC. The van der Waals surface area contributed by atoms with E-state index in [2.05, 4.69) is 4.74 Å². The number of methoxy groups -OCH3 is 1. The van der Waals surface area contributed by atoms with Gasteiger partial charge in [0, 0.05) is 5.57 Å². The van der Waals surface area contributed by atoms with Crippen molar-refractivity contribution in [1.82, 2.24) is 0 Å². The molecule has 0 aromatic heterocycles. The third-order valence-corrected chi connectivity index (χ3v) is 1.02. The van der Waals surface area contributed by atoms with Crippen LogP contribution in [0.4, 0.5) is 0 Å². The number of carbonyl (C=O) groups excluding carboxylic acids is 1. The van der Waals surface area contributed by atoms with Gasteiger partial charge in [-0.15, -0.1) is 0 Å². The molecule has 2 heteroatoms. The molecule has 0 saturated carbocycles. The molecule has 0 amide bonds. The molecule has 0 rings (SSSR count). The number of carbonyl (C=O) groups is 1. The summed E-state index contributed by atoms with van der Waals surface area (Å²) < 4.78 is 4.46. The highest BCUT2D eigenvalue weighted by Crippen LogP contribution is 1.96. The van der Waals surface area contributed by atoms with Crippen LogP contribution in [-0.2, 0) is 9.53 Å². The summed E-state index contributed by atoms with van der Waals surface area (Å²) in [4.78, 5) is 10.6. The normalized spacial score (nSPS) is 11.2. The number of ether oxygens (including phenoxy) is 1. The van der Waals surface area contributed by atoms with Gasteiger partial charge in [0.15, 0.2) is 0 Å². The molecular formula is C7H12O2. The molecule has 9 heavy (non-hydrogen) atoms. The lowest BCUT2D eigenvalue weighted by Gasteiger charge is -1.95. The molecule has 2 nitrogen and oxygen atoms in total. The van der Waals surface area contributed by atoms with Crippen molar-refractivity contribution in [3.8, 4) is 0 Å². The van der Waals surface area contributed by atoms with Crippen LogP contribution in [0.15, 0.2) is 11.6 Å². The third kappa shape index (κ3) is 2.90.